The minimum Gasteiger partial charge on any atom is -0.469 e. The highest BCUT2D eigenvalue weighted by Gasteiger charge is 2.56. The number of alkyl carbamates (subject to hydrolysis) is 1. The van der Waals surface area contributed by atoms with Gasteiger partial charge in [-0.1, -0.05) is 0 Å². The van der Waals surface area contributed by atoms with Gasteiger partial charge in [-0.3, -0.25) is 10.1 Å². The summed E-state index contributed by atoms with van der Waals surface area (Å²) in [5.41, 5.74) is -0.625. The van der Waals surface area contributed by atoms with Crippen LogP contribution in [-0.4, -0.2) is 55.1 Å². The third-order valence-corrected chi connectivity index (χ3v) is 3.40. The van der Waals surface area contributed by atoms with E-state index in [0.717, 1.165) is 0 Å². The number of rotatable bonds is 3. The molecule has 0 aliphatic carbocycles. The molecule has 0 spiro atoms. The monoisotopic (exact) mass is 331 g/mol. The van der Waals surface area contributed by atoms with E-state index >= 15 is 0 Å². The van der Waals surface area contributed by atoms with Gasteiger partial charge in [-0.15, -0.1) is 0 Å². The molecule has 0 unspecified atom stereocenters. The summed E-state index contributed by atoms with van der Waals surface area (Å²) in [4.78, 5) is 23.5. The summed E-state index contributed by atoms with van der Waals surface area (Å²) in [6, 6.07) is 0. The lowest BCUT2D eigenvalue weighted by molar-refractivity contribution is -0.192. The topological polar surface area (TPSA) is 92.3 Å². The summed E-state index contributed by atoms with van der Waals surface area (Å²) in [6.07, 6.45) is -2.91. The van der Waals surface area contributed by atoms with Gasteiger partial charge in [0.1, 0.15) is 17.8 Å². The molecule has 132 valence electrons. The van der Waals surface area contributed by atoms with Crippen molar-refractivity contribution in [3.63, 3.8) is 0 Å². The van der Waals surface area contributed by atoms with Gasteiger partial charge >= 0.3 is 12.1 Å². The highest BCUT2D eigenvalue weighted by molar-refractivity contribution is 5.70. The van der Waals surface area contributed by atoms with E-state index in [4.69, 9.17) is 18.9 Å². The standard InChI is InChI=1S/C15H25NO7/c1-14(2,3)23-13(18)16-12-11-10(21-15(4,5)22-11)8(20-12)7-9(17)19-6/h8,10-12H,7H2,1-6H3,(H,16,18)/t8-,10-,11-,12-/m0/s1. The van der Waals surface area contributed by atoms with Crippen molar-refractivity contribution in [2.24, 2.45) is 0 Å². The van der Waals surface area contributed by atoms with Crippen LogP contribution in [0, 0.1) is 0 Å². The molecule has 2 aliphatic rings. The quantitative estimate of drug-likeness (QED) is 0.780. The lowest BCUT2D eigenvalue weighted by atomic mass is 10.1. The SMILES string of the molecule is COC(=O)C[C@@H]1O[C@H](NC(=O)OC(C)(C)C)[C@H]2OC(C)(C)O[C@H]21. The van der Waals surface area contributed by atoms with Gasteiger partial charge in [0.25, 0.3) is 0 Å². The van der Waals surface area contributed by atoms with Gasteiger partial charge in [-0.05, 0) is 34.6 Å². The number of carbonyl (C=O) groups is 2. The average Bonchev–Trinajstić information content (AvgIpc) is 2.83. The summed E-state index contributed by atoms with van der Waals surface area (Å²) >= 11 is 0. The van der Waals surface area contributed by atoms with E-state index < -0.39 is 48.0 Å². The van der Waals surface area contributed by atoms with Crippen LogP contribution in [0.4, 0.5) is 4.79 Å². The zero-order valence-corrected chi connectivity index (χ0v) is 14.4. The summed E-state index contributed by atoms with van der Waals surface area (Å²) < 4.78 is 27.2. The maximum Gasteiger partial charge on any atom is 0.409 e. The molecule has 1 amide bonds. The van der Waals surface area contributed by atoms with Crippen molar-refractivity contribution in [3.8, 4) is 0 Å². The Morgan fingerprint density at radius 3 is 2.35 bits per heavy atom. The lowest BCUT2D eigenvalue weighted by Gasteiger charge is -2.25. The summed E-state index contributed by atoms with van der Waals surface area (Å²) in [5, 5.41) is 2.63. The average molecular weight is 331 g/mol. The van der Waals surface area contributed by atoms with Crippen molar-refractivity contribution in [1.29, 1.82) is 0 Å². The second-order valence-electron chi connectivity index (χ2n) is 7.09. The van der Waals surface area contributed by atoms with Crippen LogP contribution in [0.1, 0.15) is 41.0 Å². The largest absolute Gasteiger partial charge is 0.469 e. The molecule has 2 rings (SSSR count). The molecule has 0 bridgehead atoms. The lowest BCUT2D eigenvalue weighted by Crippen LogP contribution is -2.45. The van der Waals surface area contributed by atoms with Gasteiger partial charge < -0.3 is 23.7 Å². The number of hydrogen-bond acceptors (Lipinski definition) is 7. The number of carbonyl (C=O) groups excluding carboxylic acids is 2. The molecule has 0 aromatic heterocycles. The Kier molecular flexibility index (Phi) is 4.89. The van der Waals surface area contributed by atoms with Crippen molar-refractivity contribution < 1.29 is 33.3 Å². The Morgan fingerprint density at radius 2 is 1.78 bits per heavy atom. The highest BCUT2D eigenvalue weighted by atomic mass is 16.8. The van der Waals surface area contributed by atoms with Crippen molar-refractivity contribution in [1.82, 2.24) is 5.32 Å². The zero-order valence-electron chi connectivity index (χ0n) is 14.4. The Bertz CT molecular complexity index is 471. The molecule has 23 heavy (non-hydrogen) atoms. The van der Waals surface area contributed by atoms with E-state index in [1.54, 1.807) is 34.6 Å². The minimum atomic E-state index is -0.818. The number of methoxy groups -OCH3 is 1. The Labute approximate surface area is 135 Å². The van der Waals surface area contributed by atoms with Gasteiger partial charge in [-0.2, -0.15) is 0 Å². The van der Waals surface area contributed by atoms with E-state index in [1.807, 2.05) is 0 Å². The third-order valence-electron chi connectivity index (χ3n) is 3.40. The minimum absolute atomic E-state index is 0.0175. The van der Waals surface area contributed by atoms with Crippen molar-refractivity contribution in [2.75, 3.05) is 7.11 Å². The first-order valence-electron chi connectivity index (χ1n) is 7.58. The van der Waals surface area contributed by atoms with Crippen LogP contribution < -0.4 is 5.32 Å². The third kappa shape index (κ3) is 4.55. The summed E-state index contributed by atoms with van der Waals surface area (Å²) in [6.45, 7) is 8.84. The second-order valence-corrected chi connectivity index (χ2v) is 7.09. The molecule has 4 atom stereocenters. The molecule has 8 nitrogen and oxygen atoms in total. The number of amides is 1. The first-order chi connectivity index (χ1) is 10.5. The molecule has 2 saturated heterocycles. The van der Waals surface area contributed by atoms with Gasteiger partial charge in [0, 0.05) is 0 Å². The van der Waals surface area contributed by atoms with Gasteiger partial charge in [0.2, 0.25) is 0 Å². The number of ether oxygens (including phenoxy) is 5. The first-order valence-corrected chi connectivity index (χ1v) is 7.58. The molecular formula is C15H25NO7. The van der Waals surface area contributed by atoms with E-state index in [2.05, 4.69) is 10.1 Å². The van der Waals surface area contributed by atoms with Gasteiger partial charge in [0.15, 0.2) is 12.0 Å². The number of fused-ring (bicyclic) bond motifs is 1. The van der Waals surface area contributed by atoms with Crippen molar-refractivity contribution in [3.05, 3.63) is 0 Å². The first kappa shape index (κ1) is 18.0. The van der Waals surface area contributed by atoms with Gasteiger partial charge in [0.05, 0.1) is 19.6 Å². The van der Waals surface area contributed by atoms with Crippen LogP contribution in [0.15, 0.2) is 0 Å². The van der Waals surface area contributed by atoms with Crippen LogP contribution >= 0.6 is 0 Å². The molecule has 0 aromatic carbocycles. The molecule has 1 N–H and O–H groups in total. The molecule has 8 heteroatoms. The van der Waals surface area contributed by atoms with Gasteiger partial charge in [-0.25, -0.2) is 4.79 Å². The van der Waals surface area contributed by atoms with E-state index in [0.29, 0.717) is 0 Å². The molecule has 0 aromatic rings. The van der Waals surface area contributed by atoms with Crippen LogP contribution in [0.2, 0.25) is 0 Å². The number of hydrogen-bond donors (Lipinski definition) is 1. The zero-order chi connectivity index (χ0) is 17.4. The fourth-order valence-electron chi connectivity index (χ4n) is 2.63. The second kappa shape index (κ2) is 6.26. The number of esters is 1. The van der Waals surface area contributed by atoms with Crippen LogP contribution in [-0.2, 0) is 28.5 Å². The number of nitrogens with one attached hydrogen (secondary N) is 1. The Balaban J connectivity index is 2.05. The fourth-order valence-corrected chi connectivity index (χ4v) is 2.63. The van der Waals surface area contributed by atoms with Crippen LogP contribution in [0.25, 0.3) is 0 Å². The molecule has 2 aliphatic heterocycles. The van der Waals surface area contributed by atoms with Crippen molar-refractivity contribution in [2.45, 2.75) is 77.0 Å². The Hall–Kier alpha value is -1.38. The molecule has 0 saturated carbocycles. The van der Waals surface area contributed by atoms with E-state index in [9.17, 15) is 9.59 Å². The predicted molar refractivity (Wildman–Crippen MR) is 78.5 cm³/mol. The summed E-state index contributed by atoms with van der Waals surface area (Å²) in [5.74, 6) is -1.23. The molecule has 0 radical (unpaired) electrons. The normalized spacial score (nSPS) is 32.3. The predicted octanol–water partition coefficient (Wildman–Crippen LogP) is 1.32. The molecule has 2 fully saturated rings. The van der Waals surface area contributed by atoms with E-state index in [1.165, 1.54) is 7.11 Å². The Morgan fingerprint density at radius 1 is 1.17 bits per heavy atom. The summed E-state index contributed by atoms with van der Waals surface area (Å²) in [7, 11) is 1.31. The molecular weight excluding hydrogens is 306 g/mol. The molecule has 2 heterocycles. The van der Waals surface area contributed by atoms with E-state index in [-0.39, 0.29) is 6.42 Å². The smallest absolute Gasteiger partial charge is 0.409 e. The van der Waals surface area contributed by atoms with Crippen molar-refractivity contribution >= 4 is 12.1 Å². The van der Waals surface area contributed by atoms with Crippen LogP contribution in [0.3, 0.4) is 0 Å². The highest BCUT2D eigenvalue weighted by Crippen LogP contribution is 2.39. The van der Waals surface area contributed by atoms with Crippen LogP contribution in [0.5, 0.6) is 0 Å². The fraction of sp³-hybridized carbons (Fsp3) is 0.867. The maximum absolute atomic E-state index is 11.9. The maximum atomic E-state index is 11.9.